The second-order valence-corrected chi connectivity index (χ2v) is 5.90. The number of fused-ring (bicyclic) bond motifs is 1. The molecule has 3 rings (SSSR count). The van der Waals surface area contributed by atoms with Crippen molar-refractivity contribution in [1.82, 2.24) is 0 Å². The standard InChI is InChI=1S/C21H22O4/c1-4-6-15-7-9-16(10-8-15)25-21-14(3)24-19-13-17(23-5-2)11-12-18(19)20(21)22/h7-13H,4-6H2,1-3H3. The molecule has 0 bridgehead atoms. The van der Waals surface area contributed by atoms with Crippen molar-refractivity contribution < 1.29 is 13.9 Å². The number of benzene rings is 2. The fourth-order valence-corrected chi connectivity index (χ4v) is 2.77. The molecular weight excluding hydrogens is 316 g/mol. The van der Waals surface area contributed by atoms with E-state index in [0.717, 1.165) is 12.8 Å². The van der Waals surface area contributed by atoms with Gasteiger partial charge in [-0.15, -0.1) is 0 Å². The van der Waals surface area contributed by atoms with Gasteiger partial charge in [0, 0.05) is 6.07 Å². The molecule has 0 saturated heterocycles. The SMILES string of the molecule is CCCc1ccc(Oc2c(C)oc3cc(OCC)ccc3c2=O)cc1. The molecule has 0 aliphatic rings. The van der Waals surface area contributed by atoms with E-state index in [4.69, 9.17) is 13.9 Å². The molecule has 0 aliphatic heterocycles. The summed E-state index contributed by atoms with van der Waals surface area (Å²) in [4.78, 5) is 12.8. The third-order valence-electron chi connectivity index (χ3n) is 3.98. The Morgan fingerprint density at radius 1 is 1.00 bits per heavy atom. The minimum atomic E-state index is -0.181. The molecule has 0 amide bonds. The minimum absolute atomic E-state index is 0.181. The van der Waals surface area contributed by atoms with Crippen molar-refractivity contribution in [3.63, 3.8) is 0 Å². The second kappa shape index (κ2) is 7.43. The smallest absolute Gasteiger partial charge is 0.235 e. The zero-order chi connectivity index (χ0) is 17.8. The first-order valence-electron chi connectivity index (χ1n) is 8.59. The fourth-order valence-electron chi connectivity index (χ4n) is 2.77. The number of rotatable bonds is 6. The number of aryl methyl sites for hydroxylation is 2. The van der Waals surface area contributed by atoms with Crippen molar-refractivity contribution in [3.8, 4) is 17.2 Å². The van der Waals surface area contributed by atoms with Crippen LogP contribution in [0.5, 0.6) is 17.2 Å². The van der Waals surface area contributed by atoms with Gasteiger partial charge in [-0.05, 0) is 50.1 Å². The van der Waals surface area contributed by atoms with Gasteiger partial charge in [0.2, 0.25) is 11.2 Å². The van der Waals surface area contributed by atoms with Crippen LogP contribution in [0.15, 0.2) is 51.7 Å². The Balaban J connectivity index is 1.96. The van der Waals surface area contributed by atoms with Gasteiger partial charge in [-0.1, -0.05) is 25.5 Å². The third kappa shape index (κ3) is 3.68. The molecule has 2 aromatic carbocycles. The number of hydrogen-bond donors (Lipinski definition) is 0. The lowest BCUT2D eigenvalue weighted by atomic mass is 10.1. The maximum Gasteiger partial charge on any atom is 0.235 e. The fraction of sp³-hybridized carbons (Fsp3) is 0.286. The summed E-state index contributed by atoms with van der Waals surface area (Å²) in [5.41, 5.74) is 1.57. The first kappa shape index (κ1) is 17.1. The second-order valence-electron chi connectivity index (χ2n) is 5.90. The molecule has 1 aromatic heterocycles. The van der Waals surface area contributed by atoms with E-state index in [1.807, 2.05) is 31.2 Å². The van der Waals surface area contributed by atoms with E-state index in [0.29, 0.717) is 34.8 Å². The molecule has 4 heteroatoms. The van der Waals surface area contributed by atoms with E-state index in [2.05, 4.69) is 6.92 Å². The summed E-state index contributed by atoms with van der Waals surface area (Å²) in [5.74, 6) is 1.97. The predicted octanol–water partition coefficient (Wildman–Crippen LogP) is 5.24. The number of hydrogen-bond acceptors (Lipinski definition) is 4. The first-order valence-corrected chi connectivity index (χ1v) is 8.59. The monoisotopic (exact) mass is 338 g/mol. The van der Waals surface area contributed by atoms with Crippen LogP contribution in [0.25, 0.3) is 11.0 Å². The molecular formula is C21H22O4. The lowest BCUT2D eigenvalue weighted by Crippen LogP contribution is -2.07. The van der Waals surface area contributed by atoms with Crippen LogP contribution in [0.2, 0.25) is 0 Å². The zero-order valence-electron chi connectivity index (χ0n) is 14.8. The van der Waals surface area contributed by atoms with E-state index in [1.165, 1.54) is 5.56 Å². The average molecular weight is 338 g/mol. The van der Waals surface area contributed by atoms with Crippen LogP contribution < -0.4 is 14.9 Å². The summed E-state index contributed by atoms with van der Waals surface area (Å²) >= 11 is 0. The molecule has 25 heavy (non-hydrogen) atoms. The van der Waals surface area contributed by atoms with E-state index < -0.39 is 0 Å². The van der Waals surface area contributed by atoms with Gasteiger partial charge in [0.05, 0.1) is 12.0 Å². The molecule has 1 heterocycles. The summed E-state index contributed by atoms with van der Waals surface area (Å²) in [5, 5.41) is 0.478. The highest BCUT2D eigenvalue weighted by Gasteiger charge is 2.14. The molecule has 3 aromatic rings. The van der Waals surface area contributed by atoms with E-state index >= 15 is 0 Å². The molecule has 0 saturated carbocycles. The molecule has 0 spiro atoms. The molecule has 0 aliphatic carbocycles. The predicted molar refractivity (Wildman–Crippen MR) is 98.9 cm³/mol. The lowest BCUT2D eigenvalue weighted by molar-refractivity contribution is 0.340. The highest BCUT2D eigenvalue weighted by molar-refractivity contribution is 5.79. The first-order chi connectivity index (χ1) is 12.1. The van der Waals surface area contributed by atoms with Gasteiger partial charge < -0.3 is 13.9 Å². The van der Waals surface area contributed by atoms with Crippen LogP contribution in [0.1, 0.15) is 31.6 Å². The molecule has 0 atom stereocenters. The molecule has 130 valence electrons. The summed E-state index contributed by atoms with van der Waals surface area (Å²) in [6, 6.07) is 13.0. The van der Waals surface area contributed by atoms with Crippen molar-refractivity contribution in [3.05, 3.63) is 64.0 Å². The highest BCUT2D eigenvalue weighted by atomic mass is 16.5. The molecule has 0 unspecified atom stereocenters. The maximum atomic E-state index is 12.8. The van der Waals surface area contributed by atoms with E-state index in [1.54, 1.807) is 25.1 Å². The minimum Gasteiger partial charge on any atom is -0.494 e. The van der Waals surface area contributed by atoms with Crippen molar-refractivity contribution in [2.24, 2.45) is 0 Å². The summed E-state index contributed by atoms with van der Waals surface area (Å²) < 4.78 is 17.1. The Hall–Kier alpha value is -2.75. The maximum absolute atomic E-state index is 12.8. The van der Waals surface area contributed by atoms with Gasteiger partial charge in [0.1, 0.15) is 22.8 Å². The Bertz CT molecular complexity index is 923. The Morgan fingerprint density at radius 3 is 2.40 bits per heavy atom. The molecule has 0 N–H and O–H groups in total. The molecule has 0 fully saturated rings. The molecule has 4 nitrogen and oxygen atoms in total. The van der Waals surface area contributed by atoms with E-state index in [9.17, 15) is 4.79 Å². The van der Waals surface area contributed by atoms with Gasteiger partial charge >= 0.3 is 0 Å². The lowest BCUT2D eigenvalue weighted by Gasteiger charge is -2.10. The number of ether oxygens (including phenoxy) is 2. The van der Waals surface area contributed by atoms with Gasteiger partial charge in [-0.25, -0.2) is 0 Å². The van der Waals surface area contributed by atoms with Gasteiger partial charge in [-0.3, -0.25) is 4.79 Å². The summed E-state index contributed by atoms with van der Waals surface area (Å²) in [6.07, 6.45) is 2.12. The van der Waals surface area contributed by atoms with Crippen molar-refractivity contribution >= 4 is 11.0 Å². The third-order valence-corrected chi connectivity index (χ3v) is 3.98. The summed E-state index contributed by atoms with van der Waals surface area (Å²) in [6.45, 7) is 6.35. The van der Waals surface area contributed by atoms with Gasteiger partial charge in [0.25, 0.3) is 0 Å². The quantitative estimate of drug-likeness (QED) is 0.616. The zero-order valence-corrected chi connectivity index (χ0v) is 14.8. The Labute approximate surface area is 147 Å². The van der Waals surface area contributed by atoms with Crippen LogP contribution in [-0.2, 0) is 6.42 Å². The van der Waals surface area contributed by atoms with Crippen molar-refractivity contribution in [2.45, 2.75) is 33.6 Å². The largest absolute Gasteiger partial charge is 0.494 e. The van der Waals surface area contributed by atoms with Crippen LogP contribution in [0.4, 0.5) is 0 Å². The van der Waals surface area contributed by atoms with Crippen LogP contribution >= 0.6 is 0 Å². The highest BCUT2D eigenvalue weighted by Crippen LogP contribution is 2.27. The van der Waals surface area contributed by atoms with E-state index in [-0.39, 0.29) is 11.2 Å². The average Bonchev–Trinajstić information content (AvgIpc) is 2.60. The molecule has 0 radical (unpaired) electrons. The van der Waals surface area contributed by atoms with Crippen molar-refractivity contribution in [1.29, 1.82) is 0 Å². The Morgan fingerprint density at radius 2 is 1.72 bits per heavy atom. The van der Waals surface area contributed by atoms with Gasteiger partial charge in [0.15, 0.2) is 0 Å². The van der Waals surface area contributed by atoms with Crippen LogP contribution in [-0.4, -0.2) is 6.61 Å². The van der Waals surface area contributed by atoms with Gasteiger partial charge in [-0.2, -0.15) is 0 Å². The normalized spacial score (nSPS) is 10.8. The topological polar surface area (TPSA) is 48.7 Å². The Kier molecular flexibility index (Phi) is 5.08. The van der Waals surface area contributed by atoms with Crippen LogP contribution in [0.3, 0.4) is 0 Å². The van der Waals surface area contributed by atoms with Crippen LogP contribution in [0, 0.1) is 6.92 Å². The van der Waals surface area contributed by atoms with Crippen molar-refractivity contribution in [2.75, 3.05) is 6.61 Å². The summed E-state index contributed by atoms with van der Waals surface area (Å²) in [7, 11) is 0.